The fraction of sp³-hybridized carbons (Fsp3) is 0.263. The second kappa shape index (κ2) is 5.05. The van der Waals surface area contributed by atoms with Crippen molar-refractivity contribution >= 4 is 6.08 Å². The standard InChI is InChI=1S/C19H19NO/c1-20-11-15-7-2-4-8-17(15)18(12-20)16-10-14-6-3-5-9-19(14)21-13-16/h2-10,18H,11-13H2,1H3. The first kappa shape index (κ1) is 12.7. The number of nitrogens with zero attached hydrogens (tertiary/aromatic N) is 1. The molecule has 0 amide bonds. The molecule has 4 rings (SSSR count). The van der Waals surface area contributed by atoms with Gasteiger partial charge in [-0.15, -0.1) is 0 Å². The summed E-state index contributed by atoms with van der Waals surface area (Å²) in [5.74, 6) is 1.44. The van der Waals surface area contributed by atoms with Crippen molar-refractivity contribution in [3.05, 3.63) is 70.8 Å². The van der Waals surface area contributed by atoms with E-state index < -0.39 is 0 Å². The molecular formula is C19H19NO. The van der Waals surface area contributed by atoms with Gasteiger partial charge in [-0.05, 0) is 35.9 Å². The summed E-state index contributed by atoms with van der Waals surface area (Å²) >= 11 is 0. The minimum Gasteiger partial charge on any atom is -0.489 e. The molecule has 0 saturated carbocycles. The average molecular weight is 277 g/mol. The largest absolute Gasteiger partial charge is 0.489 e. The van der Waals surface area contributed by atoms with Crippen LogP contribution in [0.15, 0.2) is 54.1 Å². The highest BCUT2D eigenvalue weighted by Crippen LogP contribution is 2.37. The first-order valence-electron chi connectivity index (χ1n) is 7.50. The summed E-state index contributed by atoms with van der Waals surface area (Å²) in [4.78, 5) is 2.40. The molecule has 2 aliphatic heterocycles. The Bertz CT molecular complexity index is 704. The van der Waals surface area contributed by atoms with Gasteiger partial charge in [0.05, 0.1) is 0 Å². The van der Waals surface area contributed by atoms with E-state index >= 15 is 0 Å². The lowest BCUT2D eigenvalue weighted by atomic mass is 9.83. The van der Waals surface area contributed by atoms with E-state index in [-0.39, 0.29) is 0 Å². The van der Waals surface area contributed by atoms with Crippen molar-refractivity contribution in [1.29, 1.82) is 0 Å². The number of fused-ring (bicyclic) bond motifs is 2. The van der Waals surface area contributed by atoms with Crippen LogP contribution in [0.5, 0.6) is 5.75 Å². The zero-order valence-corrected chi connectivity index (χ0v) is 12.3. The molecule has 0 saturated heterocycles. The fourth-order valence-electron chi connectivity index (χ4n) is 3.44. The van der Waals surface area contributed by atoms with Crippen molar-refractivity contribution in [2.45, 2.75) is 12.5 Å². The molecule has 2 aromatic rings. The van der Waals surface area contributed by atoms with Crippen LogP contribution in [0.3, 0.4) is 0 Å². The Morgan fingerprint density at radius 1 is 1.05 bits per heavy atom. The van der Waals surface area contributed by atoms with Crippen molar-refractivity contribution in [3.63, 3.8) is 0 Å². The number of ether oxygens (including phenoxy) is 1. The molecule has 106 valence electrons. The molecule has 2 aliphatic rings. The highest BCUT2D eigenvalue weighted by Gasteiger charge is 2.27. The number of hydrogen-bond acceptors (Lipinski definition) is 2. The van der Waals surface area contributed by atoms with E-state index in [0.717, 1.165) is 18.8 Å². The van der Waals surface area contributed by atoms with E-state index in [9.17, 15) is 0 Å². The minimum atomic E-state index is 0.438. The first-order valence-corrected chi connectivity index (χ1v) is 7.50. The summed E-state index contributed by atoms with van der Waals surface area (Å²) < 4.78 is 5.95. The van der Waals surface area contributed by atoms with Crippen molar-refractivity contribution in [2.24, 2.45) is 0 Å². The predicted molar refractivity (Wildman–Crippen MR) is 85.4 cm³/mol. The SMILES string of the molecule is CN1Cc2ccccc2C(C2=Cc3ccccc3OC2)C1. The molecule has 0 fully saturated rings. The summed E-state index contributed by atoms with van der Waals surface area (Å²) in [6, 6.07) is 17.1. The topological polar surface area (TPSA) is 12.5 Å². The normalized spacial score (nSPS) is 21.0. The summed E-state index contributed by atoms with van der Waals surface area (Å²) in [7, 11) is 2.20. The maximum atomic E-state index is 5.95. The monoisotopic (exact) mass is 277 g/mol. The van der Waals surface area contributed by atoms with Gasteiger partial charge in [-0.1, -0.05) is 42.5 Å². The molecule has 2 heteroatoms. The molecular weight excluding hydrogens is 258 g/mol. The van der Waals surface area contributed by atoms with Crippen LogP contribution in [-0.4, -0.2) is 25.1 Å². The van der Waals surface area contributed by atoms with E-state index in [1.165, 1.54) is 22.3 Å². The predicted octanol–water partition coefficient (Wildman–Crippen LogP) is 3.69. The van der Waals surface area contributed by atoms with Gasteiger partial charge < -0.3 is 9.64 Å². The maximum absolute atomic E-state index is 5.95. The van der Waals surface area contributed by atoms with Gasteiger partial charge in [0, 0.05) is 24.6 Å². The van der Waals surface area contributed by atoms with Crippen molar-refractivity contribution in [3.8, 4) is 5.75 Å². The van der Waals surface area contributed by atoms with Gasteiger partial charge in [0.1, 0.15) is 12.4 Å². The Kier molecular flexibility index (Phi) is 3.04. The number of hydrogen-bond donors (Lipinski definition) is 0. The van der Waals surface area contributed by atoms with E-state index in [1.54, 1.807) is 0 Å². The Morgan fingerprint density at radius 3 is 2.81 bits per heavy atom. The van der Waals surface area contributed by atoms with Gasteiger partial charge in [0.2, 0.25) is 0 Å². The highest BCUT2D eigenvalue weighted by atomic mass is 16.5. The van der Waals surface area contributed by atoms with Crippen molar-refractivity contribution in [2.75, 3.05) is 20.2 Å². The molecule has 0 radical (unpaired) electrons. The smallest absolute Gasteiger partial charge is 0.127 e. The second-order valence-electron chi connectivity index (χ2n) is 5.99. The van der Waals surface area contributed by atoms with E-state index in [4.69, 9.17) is 4.74 Å². The van der Waals surface area contributed by atoms with Crippen LogP contribution in [0.4, 0.5) is 0 Å². The fourth-order valence-corrected chi connectivity index (χ4v) is 3.44. The minimum absolute atomic E-state index is 0.438. The molecule has 1 atom stereocenters. The van der Waals surface area contributed by atoms with Crippen molar-refractivity contribution < 1.29 is 4.74 Å². The molecule has 2 aromatic carbocycles. The Morgan fingerprint density at radius 2 is 1.86 bits per heavy atom. The van der Waals surface area contributed by atoms with Gasteiger partial charge in [-0.3, -0.25) is 0 Å². The molecule has 1 unspecified atom stereocenters. The van der Waals surface area contributed by atoms with Crippen LogP contribution in [-0.2, 0) is 6.54 Å². The summed E-state index contributed by atoms with van der Waals surface area (Å²) in [5, 5.41) is 0. The Labute approximate surface area is 125 Å². The van der Waals surface area contributed by atoms with Crippen LogP contribution in [0.1, 0.15) is 22.6 Å². The molecule has 0 N–H and O–H groups in total. The molecule has 2 nitrogen and oxygen atoms in total. The van der Waals surface area contributed by atoms with Gasteiger partial charge in [0.15, 0.2) is 0 Å². The molecule has 21 heavy (non-hydrogen) atoms. The number of benzene rings is 2. The zero-order chi connectivity index (χ0) is 14.2. The maximum Gasteiger partial charge on any atom is 0.127 e. The van der Waals surface area contributed by atoms with Crippen molar-refractivity contribution in [1.82, 2.24) is 4.90 Å². The molecule has 0 aliphatic carbocycles. The number of rotatable bonds is 1. The second-order valence-corrected chi connectivity index (χ2v) is 5.99. The van der Waals surface area contributed by atoms with Crippen LogP contribution < -0.4 is 4.74 Å². The molecule has 0 bridgehead atoms. The molecule has 0 spiro atoms. The third-order valence-corrected chi connectivity index (χ3v) is 4.47. The molecule has 0 aromatic heterocycles. The quantitative estimate of drug-likeness (QED) is 0.788. The first-order chi connectivity index (χ1) is 10.3. The van der Waals surface area contributed by atoms with Gasteiger partial charge in [-0.25, -0.2) is 0 Å². The summed E-state index contributed by atoms with van der Waals surface area (Å²) in [5.41, 5.74) is 5.48. The summed E-state index contributed by atoms with van der Waals surface area (Å²) in [6.45, 7) is 2.80. The van der Waals surface area contributed by atoms with Crippen LogP contribution in [0, 0.1) is 0 Å². The lowest BCUT2D eigenvalue weighted by molar-refractivity contribution is 0.276. The van der Waals surface area contributed by atoms with Crippen LogP contribution >= 0.6 is 0 Å². The lowest BCUT2D eigenvalue weighted by Crippen LogP contribution is -2.32. The zero-order valence-electron chi connectivity index (χ0n) is 12.3. The van der Waals surface area contributed by atoms with Crippen LogP contribution in [0.25, 0.3) is 6.08 Å². The van der Waals surface area contributed by atoms with E-state index in [2.05, 4.69) is 54.4 Å². The number of para-hydroxylation sites is 1. The van der Waals surface area contributed by atoms with E-state index in [0.29, 0.717) is 12.5 Å². The third kappa shape index (κ3) is 2.26. The average Bonchev–Trinajstić information content (AvgIpc) is 2.53. The Balaban J connectivity index is 1.76. The summed E-state index contributed by atoms with van der Waals surface area (Å²) in [6.07, 6.45) is 2.32. The van der Waals surface area contributed by atoms with E-state index in [1.807, 2.05) is 12.1 Å². The Hall–Kier alpha value is -2.06. The lowest BCUT2D eigenvalue weighted by Gasteiger charge is -2.34. The van der Waals surface area contributed by atoms with Crippen LogP contribution in [0.2, 0.25) is 0 Å². The number of likely N-dealkylation sites (N-methyl/N-ethyl adjacent to an activating group) is 1. The van der Waals surface area contributed by atoms with Gasteiger partial charge in [-0.2, -0.15) is 0 Å². The van der Waals surface area contributed by atoms with Gasteiger partial charge >= 0.3 is 0 Å². The third-order valence-electron chi connectivity index (χ3n) is 4.47. The van der Waals surface area contributed by atoms with Gasteiger partial charge in [0.25, 0.3) is 0 Å². The highest BCUT2D eigenvalue weighted by molar-refractivity contribution is 5.64. The molecule has 2 heterocycles.